The van der Waals surface area contributed by atoms with Gasteiger partial charge in [-0.05, 0) is 55.2 Å². The summed E-state index contributed by atoms with van der Waals surface area (Å²) in [4.78, 5) is 17.5. The van der Waals surface area contributed by atoms with Crippen molar-refractivity contribution < 1.29 is 4.79 Å². The molecule has 0 radical (unpaired) electrons. The molecular formula is C21H30N2O. The zero-order chi connectivity index (χ0) is 16.5. The van der Waals surface area contributed by atoms with E-state index in [9.17, 15) is 4.79 Å². The van der Waals surface area contributed by atoms with Gasteiger partial charge in [0, 0.05) is 19.1 Å². The number of benzene rings is 1. The largest absolute Gasteiger partial charge is 0.337 e. The minimum Gasteiger partial charge on any atom is -0.337 e. The maximum Gasteiger partial charge on any atom is 0.237 e. The van der Waals surface area contributed by atoms with E-state index in [1.54, 1.807) is 0 Å². The number of piperidine rings is 1. The van der Waals surface area contributed by atoms with Crippen LogP contribution in [0.3, 0.4) is 0 Å². The van der Waals surface area contributed by atoms with E-state index in [0.29, 0.717) is 18.5 Å². The summed E-state index contributed by atoms with van der Waals surface area (Å²) in [5, 5.41) is 0. The number of carbonyl (C=O) groups excluding carboxylic acids is 1. The van der Waals surface area contributed by atoms with Crippen LogP contribution in [0.1, 0.15) is 50.2 Å². The quantitative estimate of drug-likeness (QED) is 0.831. The van der Waals surface area contributed by atoms with E-state index in [1.807, 2.05) is 0 Å². The van der Waals surface area contributed by atoms with Crippen molar-refractivity contribution in [2.24, 2.45) is 11.8 Å². The Labute approximate surface area is 146 Å². The SMILES string of the molecule is CC1CCN(CC(=O)N2CCc3ccccc3C2)C2CCCCC12. The molecule has 3 unspecified atom stereocenters. The molecule has 1 aromatic carbocycles. The number of rotatable bonds is 2. The monoisotopic (exact) mass is 326 g/mol. The molecule has 1 saturated heterocycles. The van der Waals surface area contributed by atoms with Gasteiger partial charge in [0.15, 0.2) is 0 Å². The third-order valence-electron chi connectivity index (χ3n) is 6.67. The fourth-order valence-corrected chi connectivity index (χ4v) is 5.19. The lowest BCUT2D eigenvalue weighted by molar-refractivity contribution is -0.135. The lowest BCUT2D eigenvalue weighted by Gasteiger charge is -2.47. The van der Waals surface area contributed by atoms with Crippen molar-refractivity contribution in [2.45, 2.75) is 58.0 Å². The summed E-state index contributed by atoms with van der Waals surface area (Å²) in [5.41, 5.74) is 2.75. The molecule has 3 nitrogen and oxygen atoms in total. The molecule has 3 aliphatic rings. The van der Waals surface area contributed by atoms with E-state index >= 15 is 0 Å². The number of nitrogens with zero attached hydrogens (tertiary/aromatic N) is 2. The fraction of sp³-hybridized carbons (Fsp3) is 0.667. The van der Waals surface area contributed by atoms with Crippen LogP contribution in [-0.4, -0.2) is 41.4 Å². The normalized spacial score (nSPS) is 30.5. The lowest BCUT2D eigenvalue weighted by Crippen LogP contribution is -2.53. The summed E-state index contributed by atoms with van der Waals surface area (Å²) in [6.45, 7) is 5.85. The number of amides is 1. The van der Waals surface area contributed by atoms with E-state index < -0.39 is 0 Å². The first-order chi connectivity index (χ1) is 11.7. The zero-order valence-electron chi connectivity index (χ0n) is 14.9. The Balaban J connectivity index is 1.41. The average Bonchev–Trinajstić information content (AvgIpc) is 2.64. The van der Waals surface area contributed by atoms with Gasteiger partial charge in [0.1, 0.15) is 0 Å². The standard InChI is InChI=1S/C21H30N2O/c1-16-10-12-22(20-9-5-4-8-19(16)20)15-21(24)23-13-11-17-6-2-3-7-18(17)14-23/h2-3,6-7,16,19-20H,4-5,8-15H2,1H3. The van der Waals surface area contributed by atoms with Crippen molar-refractivity contribution in [1.82, 2.24) is 9.80 Å². The molecule has 24 heavy (non-hydrogen) atoms. The number of likely N-dealkylation sites (tertiary alicyclic amines) is 1. The Kier molecular flexibility index (Phi) is 4.62. The van der Waals surface area contributed by atoms with Gasteiger partial charge in [-0.3, -0.25) is 9.69 Å². The molecule has 0 bridgehead atoms. The minimum atomic E-state index is 0.336. The van der Waals surface area contributed by atoms with Gasteiger partial charge in [-0.1, -0.05) is 44.0 Å². The number of hydrogen-bond acceptors (Lipinski definition) is 2. The van der Waals surface area contributed by atoms with Crippen LogP contribution in [-0.2, 0) is 17.8 Å². The van der Waals surface area contributed by atoms with Gasteiger partial charge >= 0.3 is 0 Å². The second-order valence-electron chi connectivity index (χ2n) is 8.09. The number of hydrogen-bond donors (Lipinski definition) is 0. The summed E-state index contributed by atoms with van der Waals surface area (Å²) in [6, 6.07) is 9.23. The second-order valence-corrected chi connectivity index (χ2v) is 8.09. The maximum atomic E-state index is 12.9. The van der Waals surface area contributed by atoms with Crippen LogP contribution >= 0.6 is 0 Å². The summed E-state index contributed by atoms with van der Waals surface area (Å²) >= 11 is 0. The molecule has 1 amide bonds. The summed E-state index contributed by atoms with van der Waals surface area (Å²) in [6.07, 6.45) is 7.66. The number of fused-ring (bicyclic) bond motifs is 2. The maximum absolute atomic E-state index is 12.9. The molecule has 0 spiro atoms. The predicted molar refractivity (Wildman–Crippen MR) is 96.7 cm³/mol. The molecule has 0 aromatic heterocycles. The van der Waals surface area contributed by atoms with Crippen molar-refractivity contribution in [2.75, 3.05) is 19.6 Å². The third-order valence-corrected chi connectivity index (χ3v) is 6.67. The molecule has 130 valence electrons. The Morgan fingerprint density at radius 3 is 2.75 bits per heavy atom. The molecule has 1 saturated carbocycles. The highest BCUT2D eigenvalue weighted by Gasteiger charge is 2.38. The minimum absolute atomic E-state index is 0.336. The fourth-order valence-electron chi connectivity index (χ4n) is 5.19. The smallest absolute Gasteiger partial charge is 0.237 e. The Bertz CT molecular complexity index is 599. The molecular weight excluding hydrogens is 296 g/mol. The van der Waals surface area contributed by atoms with E-state index in [4.69, 9.17) is 0 Å². The first-order valence-electron chi connectivity index (χ1n) is 9.81. The summed E-state index contributed by atoms with van der Waals surface area (Å²) in [7, 11) is 0. The highest BCUT2D eigenvalue weighted by atomic mass is 16.2. The second kappa shape index (κ2) is 6.87. The number of carbonyl (C=O) groups is 1. The lowest BCUT2D eigenvalue weighted by atomic mass is 9.72. The molecule has 0 N–H and O–H groups in total. The Morgan fingerprint density at radius 2 is 1.88 bits per heavy atom. The van der Waals surface area contributed by atoms with Crippen LogP contribution in [0, 0.1) is 11.8 Å². The predicted octanol–water partition coefficient (Wildman–Crippen LogP) is 3.47. The highest BCUT2D eigenvalue weighted by molar-refractivity contribution is 5.78. The van der Waals surface area contributed by atoms with E-state index in [-0.39, 0.29) is 0 Å². The van der Waals surface area contributed by atoms with Gasteiger partial charge in [-0.15, -0.1) is 0 Å². The average molecular weight is 326 g/mol. The van der Waals surface area contributed by atoms with E-state index in [0.717, 1.165) is 37.9 Å². The molecule has 1 aromatic rings. The first kappa shape index (κ1) is 16.1. The summed E-state index contributed by atoms with van der Waals surface area (Å²) in [5.74, 6) is 1.99. The van der Waals surface area contributed by atoms with Crippen molar-refractivity contribution >= 4 is 5.91 Å². The van der Waals surface area contributed by atoms with E-state index in [1.165, 1.54) is 43.2 Å². The molecule has 4 rings (SSSR count). The van der Waals surface area contributed by atoms with Gasteiger partial charge < -0.3 is 4.90 Å². The van der Waals surface area contributed by atoms with Crippen LogP contribution in [0.25, 0.3) is 0 Å². The Hall–Kier alpha value is -1.35. The molecule has 2 fully saturated rings. The van der Waals surface area contributed by atoms with Gasteiger partial charge in [-0.2, -0.15) is 0 Å². The van der Waals surface area contributed by atoms with Crippen LogP contribution in [0.4, 0.5) is 0 Å². The van der Waals surface area contributed by atoms with Crippen LogP contribution < -0.4 is 0 Å². The first-order valence-corrected chi connectivity index (χ1v) is 9.81. The van der Waals surface area contributed by atoms with Gasteiger partial charge in [0.2, 0.25) is 5.91 Å². The topological polar surface area (TPSA) is 23.6 Å². The Morgan fingerprint density at radius 1 is 1.08 bits per heavy atom. The molecule has 2 aliphatic heterocycles. The molecule has 1 aliphatic carbocycles. The van der Waals surface area contributed by atoms with Crippen molar-refractivity contribution in [1.29, 1.82) is 0 Å². The van der Waals surface area contributed by atoms with Gasteiger partial charge in [0.25, 0.3) is 0 Å². The van der Waals surface area contributed by atoms with Crippen molar-refractivity contribution in [3.05, 3.63) is 35.4 Å². The highest BCUT2D eigenvalue weighted by Crippen LogP contribution is 2.38. The summed E-state index contributed by atoms with van der Waals surface area (Å²) < 4.78 is 0. The van der Waals surface area contributed by atoms with Gasteiger partial charge in [-0.25, -0.2) is 0 Å². The third kappa shape index (κ3) is 3.11. The van der Waals surface area contributed by atoms with E-state index in [2.05, 4.69) is 41.0 Å². The molecule has 3 atom stereocenters. The van der Waals surface area contributed by atoms with Crippen LogP contribution in [0.5, 0.6) is 0 Å². The molecule has 2 heterocycles. The van der Waals surface area contributed by atoms with Gasteiger partial charge in [0.05, 0.1) is 6.54 Å². The van der Waals surface area contributed by atoms with Crippen molar-refractivity contribution in [3.8, 4) is 0 Å². The van der Waals surface area contributed by atoms with Crippen LogP contribution in [0.2, 0.25) is 0 Å². The molecule has 3 heteroatoms. The van der Waals surface area contributed by atoms with Crippen molar-refractivity contribution in [3.63, 3.8) is 0 Å². The van der Waals surface area contributed by atoms with Crippen LogP contribution in [0.15, 0.2) is 24.3 Å². The zero-order valence-corrected chi connectivity index (χ0v) is 14.9.